The minimum atomic E-state index is -0.718. The topological polar surface area (TPSA) is 62.7 Å². The van der Waals surface area contributed by atoms with Crippen LogP contribution in [0.4, 0.5) is 0 Å². The zero-order chi connectivity index (χ0) is 13.9. The number of rotatable bonds is 4. The van der Waals surface area contributed by atoms with Gasteiger partial charge in [-0.1, -0.05) is 12.8 Å². The van der Waals surface area contributed by atoms with Gasteiger partial charge >= 0.3 is 0 Å². The Morgan fingerprint density at radius 3 is 2.68 bits per heavy atom. The van der Waals surface area contributed by atoms with Crippen molar-refractivity contribution in [2.75, 3.05) is 20.7 Å². The van der Waals surface area contributed by atoms with Crippen LogP contribution in [0.5, 0.6) is 5.88 Å². The van der Waals surface area contributed by atoms with Crippen LogP contribution in [0.25, 0.3) is 0 Å². The Bertz CT molecular complexity index is 439. The summed E-state index contributed by atoms with van der Waals surface area (Å²) in [6.45, 7) is 0.373. The first kappa shape index (κ1) is 13.8. The Morgan fingerprint density at radius 2 is 2.16 bits per heavy atom. The molecule has 1 N–H and O–H groups in total. The van der Waals surface area contributed by atoms with Crippen molar-refractivity contribution in [1.29, 1.82) is 0 Å². The van der Waals surface area contributed by atoms with Gasteiger partial charge in [0.15, 0.2) is 0 Å². The standard InChI is InChI=1S/C14H20N2O3/c1-16(10-14(18)7-3-4-8-14)13(17)11-5-6-12(19-2)15-9-11/h5-6,9,18H,3-4,7-8,10H2,1-2H3. The van der Waals surface area contributed by atoms with Gasteiger partial charge in [-0.15, -0.1) is 0 Å². The van der Waals surface area contributed by atoms with E-state index in [0.29, 0.717) is 18.0 Å². The minimum Gasteiger partial charge on any atom is -0.481 e. The highest BCUT2D eigenvalue weighted by Gasteiger charge is 2.33. The average molecular weight is 264 g/mol. The van der Waals surface area contributed by atoms with Crippen molar-refractivity contribution in [3.63, 3.8) is 0 Å². The van der Waals surface area contributed by atoms with Crippen LogP contribution in [0.15, 0.2) is 18.3 Å². The molecule has 19 heavy (non-hydrogen) atoms. The monoisotopic (exact) mass is 264 g/mol. The number of aliphatic hydroxyl groups is 1. The second-order valence-corrected chi connectivity index (χ2v) is 5.18. The molecule has 0 atom stereocenters. The van der Waals surface area contributed by atoms with Crippen LogP contribution in [0, 0.1) is 0 Å². The number of carbonyl (C=O) groups excluding carboxylic acids is 1. The largest absolute Gasteiger partial charge is 0.481 e. The lowest BCUT2D eigenvalue weighted by Gasteiger charge is -2.28. The molecule has 5 nitrogen and oxygen atoms in total. The molecule has 0 aliphatic heterocycles. The Morgan fingerprint density at radius 1 is 1.47 bits per heavy atom. The molecule has 1 aromatic rings. The van der Waals surface area contributed by atoms with Crippen molar-refractivity contribution in [2.24, 2.45) is 0 Å². The van der Waals surface area contributed by atoms with Gasteiger partial charge in [-0.05, 0) is 18.9 Å². The van der Waals surface area contributed by atoms with E-state index in [4.69, 9.17) is 4.74 Å². The number of likely N-dealkylation sites (N-methyl/N-ethyl adjacent to an activating group) is 1. The molecule has 0 radical (unpaired) electrons. The van der Waals surface area contributed by atoms with E-state index in [1.807, 2.05) is 0 Å². The van der Waals surface area contributed by atoms with E-state index in [1.54, 1.807) is 24.1 Å². The number of amides is 1. The number of methoxy groups -OCH3 is 1. The number of carbonyl (C=O) groups is 1. The van der Waals surface area contributed by atoms with Crippen molar-refractivity contribution >= 4 is 5.91 Å². The summed E-state index contributed by atoms with van der Waals surface area (Å²) in [6, 6.07) is 3.34. The van der Waals surface area contributed by atoms with E-state index in [9.17, 15) is 9.90 Å². The van der Waals surface area contributed by atoms with Gasteiger partial charge in [0.1, 0.15) is 0 Å². The van der Waals surface area contributed by atoms with E-state index in [-0.39, 0.29) is 5.91 Å². The third kappa shape index (κ3) is 3.23. The van der Waals surface area contributed by atoms with E-state index in [1.165, 1.54) is 13.3 Å². The molecular formula is C14H20N2O3. The molecule has 0 unspecified atom stereocenters. The Labute approximate surface area is 113 Å². The fraction of sp³-hybridized carbons (Fsp3) is 0.571. The van der Waals surface area contributed by atoms with Gasteiger partial charge in [0.25, 0.3) is 5.91 Å². The minimum absolute atomic E-state index is 0.129. The molecule has 1 fully saturated rings. The second kappa shape index (κ2) is 5.57. The smallest absolute Gasteiger partial charge is 0.255 e. The third-order valence-corrected chi connectivity index (χ3v) is 3.60. The summed E-state index contributed by atoms with van der Waals surface area (Å²) < 4.78 is 4.96. The van der Waals surface area contributed by atoms with E-state index >= 15 is 0 Å². The number of hydrogen-bond donors (Lipinski definition) is 1. The first-order valence-corrected chi connectivity index (χ1v) is 6.52. The Hall–Kier alpha value is -1.62. The van der Waals surface area contributed by atoms with Gasteiger partial charge < -0.3 is 14.7 Å². The molecule has 1 heterocycles. The van der Waals surface area contributed by atoms with Crippen LogP contribution in [-0.2, 0) is 0 Å². The van der Waals surface area contributed by atoms with E-state index in [2.05, 4.69) is 4.98 Å². The summed E-state index contributed by atoms with van der Waals surface area (Å²) in [6.07, 6.45) is 5.10. The highest BCUT2D eigenvalue weighted by Crippen LogP contribution is 2.30. The maximum absolute atomic E-state index is 12.2. The highest BCUT2D eigenvalue weighted by molar-refractivity contribution is 5.93. The SMILES string of the molecule is COc1ccc(C(=O)N(C)CC2(O)CCCC2)cn1. The Balaban J connectivity index is 2.01. The number of pyridine rings is 1. The molecule has 5 heteroatoms. The van der Waals surface area contributed by atoms with Crippen LogP contribution in [0.3, 0.4) is 0 Å². The average Bonchev–Trinajstić information content (AvgIpc) is 2.84. The Kier molecular flexibility index (Phi) is 4.04. The number of hydrogen-bond acceptors (Lipinski definition) is 4. The summed E-state index contributed by atoms with van der Waals surface area (Å²) in [5.74, 6) is 0.351. The fourth-order valence-electron chi connectivity index (χ4n) is 2.55. The number of aromatic nitrogens is 1. The number of nitrogens with zero attached hydrogens (tertiary/aromatic N) is 2. The van der Waals surface area contributed by atoms with Crippen LogP contribution in [0.2, 0.25) is 0 Å². The maximum Gasteiger partial charge on any atom is 0.255 e. The molecule has 1 amide bonds. The van der Waals surface area contributed by atoms with Crippen LogP contribution in [0.1, 0.15) is 36.0 Å². The molecule has 0 bridgehead atoms. The van der Waals surface area contributed by atoms with Gasteiger partial charge in [0, 0.05) is 25.9 Å². The zero-order valence-electron chi connectivity index (χ0n) is 11.4. The molecule has 0 saturated heterocycles. The normalized spacial score (nSPS) is 17.2. The van der Waals surface area contributed by atoms with Gasteiger partial charge in [-0.2, -0.15) is 0 Å². The van der Waals surface area contributed by atoms with Crippen molar-refractivity contribution < 1.29 is 14.6 Å². The van der Waals surface area contributed by atoms with Gasteiger partial charge in [0.2, 0.25) is 5.88 Å². The molecule has 0 spiro atoms. The summed E-state index contributed by atoms with van der Waals surface area (Å²) in [5.41, 5.74) is -0.213. The molecule has 104 valence electrons. The van der Waals surface area contributed by atoms with Crippen LogP contribution >= 0.6 is 0 Å². The zero-order valence-corrected chi connectivity index (χ0v) is 11.4. The molecule has 0 aromatic carbocycles. The summed E-state index contributed by atoms with van der Waals surface area (Å²) in [5, 5.41) is 10.3. The first-order chi connectivity index (χ1) is 9.04. The van der Waals surface area contributed by atoms with Gasteiger partial charge in [-0.3, -0.25) is 4.79 Å². The van der Waals surface area contributed by atoms with Gasteiger partial charge in [0.05, 0.1) is 18.3 Å². The van der Waals surface area contributed by atoms with Crippen LogP contribution < -0.4 is 4.74 Å². The summed E-state index contributed by atoms with van der Waals surface area (Å²) in [7, 11) is 3.24. The van der Waals surface area contributed by atoms with Crippen molar-refractivity contribution in [2.45, 2.75) is 31.3 Å². The lowest BCUT2D eigenvalue weighted by molar-refractivity contribution is 0.0156. The lowest BCUT2D eigenvalue weighted by atomic mass is 10.0. The lowest BCUT2D eigenvalue weighted by Crippen LogP contribution is -2.42. The molecule has 1 saturated carbocycles. The van der Waals surface area contributed by atoms with E-state index < -0.39 is 5.60 Å². The molecular weight excluding hydrogens is 244 g/mol. The van der Waals surface area contributed by atoms with Crippen molar-refractivity contribution in [1.82, 2.24) is 9.88 Å². The summed E-state index contributed by atoms with van der Waals surface area (Å²) in [4.78, 5) is 17.8. The molecule has 2 rings (SSSR count). The second-order valence-electron chi connectivity index (χ2n) is 5.18. The highest BCUT2D eigenvalue weighted by atomic mass is 16.5. The first-order valence-electron chi connectivity index (χ1n) is 6.52. The van der Waals surface area contributed by atoms with E-state index in [0.717, 1.165) is 25.7 Å². The van der Waals surface area contributed by atoms with Crippen molar-refractivity contribution in [3.05, 3.63) is 23.9 Å². The molecule has 1 aliphatic rings. The molecule has 1 aliphatic carbocycles. The summed E-state index contributed by atoms with van der Waals surface area (Å²) >= 11 is 0. The predicted octanol–water partition coefficient (Wildman–Crippen LogP) is 1.47. The predicted molar refractivity (Wildman–Crippen MR) is 71.2 cm³/mol. The third-order valence-electron chi connectivity index (χ3n) is 3.60. The van der Waals surface area contributed by atoms with Crippen LogP contribution in [-0.4, -0.2) is 47.2 Å². The maximum atomic E-state index is 12.2. The van der Waals surface area contributed by atoms with Gasteiger partial charge in [-0.25, -0.2) is 4.98 Å². The molecule has 1 aromatic heterocycles. The number of ether oxygens (including phenoxy) is 1. The quantitative estimate of drug-likeness (QED) is 0.894. The van der Waals surface area contributed by atoms with Crippen molar-refractivity contribution in [3.8, 4) is 5.88 Å². The fourth-order valence-corrected chi connectivity index (χ4v) is 2.55.